The Bertz CT molecular complexity index is 824. The van der Waals surface area contributed by atoms with Crippen molar-refractivity contribution in [1.29, 1.82) is 0 Å². The molecule has 0 fully saturated rings. The largest absolute Gasteiger partial charge is 0.497 e. The second kappa shape index (κ2) is 11.2. The average molecular weight is 403 g/mol. The van der Waals surface area contributed by atoms with Crippen LogP contribution in [0.15, 0.2) is 47.5 Å². The van der Waals surface area contributed by atoms with Crippen LogP contribution in [0.4, 0.5) is 0 Å². The first-order valence-electron chi connectivity index (χ1n) is 9.21. The van der Waals surface area contributed by atoms with Crippen LogP contribution in [-0.2, 0) is 13.0 Å². The van der Waals surface area contributed by atoms with Crippen LogP contribution >= 0.6 is 11.6 Å². The van der Waals surface area contributed by atoms with Crippen LogP contribution in [0, 0.1) is 0 Å². The lowest BCUT2D eigenvalue weighted by Crippen LogP contribution is -2.37. The van der Waals surface area contributed by atoms with Crippen LogP contribution < -0.4 is 20.7 Å². The molecule has 0 heterocycles. The zero-order chi connectivity index (χ0) is 20.4. The van der Waals surface area contributed by atoms with E-state index in [4.69, 9.17) is 16.3 Å². The van der Waals surface area contributed by atoms with Gasteiger partial charge >= 0.3 is 0 Å². The monoisotopic (exact) mass is 402 g/mol. The number of benzene rings is 2. The van der Waals surface area contributed by atoms with Crippen LogP contribution in [0.3, 0.4) is 0 Å². The van der Waals surface area contributed by atoms with Gasteiger partial charge in [-0.25, -0.2) is 0 Å². The molecule has 0 saturated carbocycles. The summed E-state index contributed by atoms with van der Waals surface area (Å²) in [6, 6.07) is 13.2. The molecule has 2 aromatic carbocycles. The molecule has 0 aliphatic heterocycles. The standard InChI is InChI=1S/C21H27ClN4O2/c1-4-24-20(27)17-7-5-6-15(12-17)14-26-21(23-2)25-11-10-16-8-9-18(28-3)13-19(16)22/h5-9,12-13H,4,10-11,14H2,1-3H3,(H,24,27)(H2,23,25,26). The van der Waals surface area contributed by atoms with Crippen LogP contribution in [0.2, 0.25) is 5.02 Å². The summed E-state index contributed by atoms with van der Waals surface area (Å²) in [5, 5.41) is 10.0. The molecule has 0 saturated heterocycles. The second-order valence-electron chi connectivity index (χ2n) is 6.12. The quantitative estimate of drug-likeness (QED) is 0.468. The summed E-state index contributed by atoms with van der Waals surface area (Å²) in [5.74, 6) is 1.37. The minimum Gasteiger partial charge on any atom is -0.497 e. The predicted molar refractivity (Wildman–Crippen MR) is 114 cm³/mol. The van der Waals surface area contributed by atoms with Gasteiger partial charge in [0, 0.05) is 37.3 Å². The van der Waals surface area contributed by atoms with Gasteiger partial charge in [0.2, 0.25) is 0 Å². The molecule has 28 heavy (non-hydrogen) atoms. The summed E-state index contributed by atoms with van der Waals surface area (Å²) in [5.41, 5.74) is 2.70. The number of carbonyl (C=O) groups excluding carboxylic acids is 1. The number of nitrogens with one attached hydrogen (secondary N) is 3. The predicted octanol–water partition coefficient (Wildman–Crippen LogP) is 3.01. The summed E-state index contributed by atoms with van der Waals surface area (Å²) < 4.78 is 5.17. The third-order valence-corrected chi connectivity index (χ3v) is 4.51. The first kappa shape index (κ1) is 21.6. The van der Waals surface area contributed by atoms with E-state index in [2.05, 4.69) is 20.9 Å². The minimum atomic E-state index is -0.0665. The summed E-state index contributed by atoms with van der Waals surface area (Å²) in [6.45, 7) is 3.76. The van der Waals surface area contributed by atoms with E-state index in [1.807, 2.05) is 43.3 Å². The maximum Gasteiger partial charge on any atom is 0.251 e. The number of aliphatic imine (C=N–C) groups is 1. The van der Waals surface area contributed by atoms with Gasteiger partial charge in [-0.05, 0) is 48.7 Å². The molecule has 0 spiro atoms. The number of hydrogen-bond acceptors (Lipinski definition) is 3. The number of hydrogen-bond donors (Lipinski definition) is 3. The molecule has 0 unspecified atom stereocenters. The van der Waals surface area contributed by atoms with Crippen molar-refractivity contribution in [1.82, 2.24) is 16.0 Å². The Morgan fingerprint density at radius 3 is 2.64 bits per heavy atom. The number of amides is 1. The third-order valence-electron chi connectivity index (χ3n) is 4.16. The van der Waals surface area contributed by atoms with Crippen molar-refractivity contribution < 1.29 is 9.53 Å². The molecule has 0 radical (unpaired) electrons. The Labute approximate surface area is 171 Å². The SMILES string of the molecule is CCNC(=O)c1cccc(CNC(=NC)NCCc2ccc(OC)cc2Cl)c1. The smallest absolute Gasteiger partial charge is 0.251 e. The highest BCUT2D eigenvalue weighted by atomic mass is 35.5. The number of guanidine groups is 1. The lowest BCUT2D eigenvalue weighted by atomic mass is 10.1. The number of rotatable bonds is 8. The summed E-state index contributed by atoms with van der Waals surface area (Å²) in [6.07, 6.45) is 0.760. The molecular weight excluding hydrogens is 376 g/mol. The van der Waals surface area contributed by atoms with Gasteiger partial charge in [0.25, 0.3) is 5.91 Å². The van der Waals surface area contributed by atoms with E-state index in [1.54, 1.807) is 20.2 Å². The van der Waals surface area contributed by atoms with Gasteiger partial charge in [0.15, 0.2) is 5.96 Å². The van der Waals surface area contributed by atoms with E-state index in [-0.39, 0.29) is 5.91 Å². The van der Waals surface area contributed by atoms with Crippen molar-refractivity contribution in [3.63, 3.8) is 0 Å². The highest BCUT2D eigenvalue weighted by Gasteiger charge is 2.06. The van der Waals surface area contributed by atoms with Crippen molar-refractivity contribution in [3.05, 3.63) is 64.2 Å². The molecule has 150 valence electrons. The van der Waals surface area contributed by atoms with E-state index in [0.717, 1.165) is 23.3 Å². The van der Waals surface area contributed by atoms with Crippen molar-refractivity contribution in [2.75, 3.05) is 27.2 Å². The van der Waals surface area contributed by atoms with Gasteiger partial charge < -0.3 is 20.7 Å². The second-order valence-corrected chi connectivity index (χ2v) is 6.53. The molecule has 0 aliphatic carbocycles. The molecule has 1 amide bonds. The lowest BCUT2D eigenvalue weighted by molar-refractivity contribution is 0.0955. The number of ether oxygens (including phenoxy) is 1. The molecule has 3 N–H and O–H groups in total. The Balaban J connectivity index is 1.85. The first-order valence-corrected chi connectivity index (χ1v) is 9.59. The zero-order valence-electron chi connectivity index (χ0n) is 16.5. The third kappa shape index (κ3) is 6.46. The maximum atomic E-state index is 11.9. The van der Waals surface area contributed by atoms with E-state index in [0.29, 0.717) is 36.2 Å². The molecule has 0 bridgehead atoms. The van der Waals surface area contributed by atoms with Crippen molar-refractivity contribution >= 4 is 23.5 Å². The number of carbonyl (C=O) groups is 1. The Kier molecular flexibility index (Phi) is 8.62. The highest BCUT2D eigenvalue weighted by molar-refractivity contribution is 6.31. The fourth-order valence-corrected chi connectivity index (χ4v) is 2.93. The summed E-state index contributed by atoms with van der Waals surface area (Å²) in [4.78, 5) is 16.2. The highest BCUT2D eigenvalue weighted by Crippen LogP contribution is 2.22. The maximum absolute atomic E-state index is 11.9. The van der Waals surface area contributed by atoms with E-state index in [9.17, 15) is 4.79 Å². The van der Waals surface area contributed by atoms with Gasteiger partial charge in [-0.1, -0.05) is 29.8 Å². The van der Waals surface area contributed by atoms with Crippen LogP contribution in [0.25, 0.3) is 0 Å². The molecule has 0 aromatic heterocycles. The normalized spacial score (nSPS) is 11.1. The Morgan fingerprint density at radius 2 is 1.96 bits per heavy atom. The summed E-state index contributed by atoms with van der Waals surface area (Å²) >= 11 is 6.28. The molecule has 0 aliphatic rings. The van der Waals surface area contributed by atoms with E-state index >= 15 is 0 Å². The molecule has 2 rings (SSSR count). The number of halogens is 1. The molecule has 6 nitrogen and oxygen atoms in total. The summed E-state index contributed by atoms with van der Waals surface area (Å²) in [7, 11) is 3.34. The number of nitrogens with zero attached hydrogens (tertiary/aromatic N) is 1. The van der Waals surface area contributed by atoms with Crippen LogP contribution in [0.1, 0.15) is 28.4 Å². The number of methoxy groups -OCH3 is 1. The molecule has 2 aromatic rings. The van der Waals surface area contributed by atoms with E-state index in [1.165, 1.54) is 0 Å². The van der Waals surface area contributed by atoms with Crippen molar-refractivity contribution in [2.45, 2.75) is 19.9 Å². The fraction of sp³-hybridized carbons (Fsp3) is 0.333. The van der Waals surface area contributed by atoms with Crippen LogP contribution in [-0.4, -0.2) is 39.1 Å². The van der Waals surface area contributed by atoms with Gasteiger partial charge in [0.05, 0.1) is 7.11 Å². The zero-order valence-corrected chi connectivity index (χ0v) is 17.3. The van der Waals surface area contributed by atoms with Crippen molar-refractivity contribution in [3.8, 4) is 5.75 Å². The fourth-order valence-electron chi connectivity index (χ4n) is 2.66. The lowest BCUT2D eigenvalue weighted by Gasteiger charge is -2.13. The first-order chi connectivity index (χ1) is 13.6. The van der Waals surface area contributed by atoms with Gasteiger partial charge in [-0.15, -0.1) is 0 Å². The van der Waals surface area contributed by atoms with Gasteiger partial charge in [-0.3, -0.25) is 9.79 Å². The minimum absolute atomic E-state index is 0.0665. The van der Waals surface area contributed by atoms with Gasteiger partial charge in [0.1, 0.15) is 5.75 Å². The topological polar surface area (TPSA) is 74.8 Å². The average Bonchev–Trinajstić information content (AvgIpc) is 2.71. The Morgan fingerprint density at radius 1 is 1.14 bits per heavy atom. The Hall–Kier alpha value is -2.73. The van der Waals surface area contributed by atoms with E-state index < -0.39 is 0 Å². The van der Waals surface area contributed by atoms with Crippen molar-refractivity contribution in [2.24, 2.45) is 4.99 Å². The molecular formula is C21H27ClN4O2. The molecule has 7 heteroatoms. The molecule has 0 atom stereocenters. The van der Waals surface area contributed by atoms with Crippen LogP contribution in [0.5, 0.6) is 5.75 Å². The van der Waals surface area contributed by atoms with Gasteiger partial charge in [-0.2, -0.15) is 0 Å².